The number of amides is 1. The van der Waals surface area contributed by atoms with Crippen LogP contribution < -0.4 is 9.47 Å². The molecule has 0 aliphatic carbocycles. The van der Waals surface area contributed by atoms with E-state index >= 15 is 0 Å². The van der Waals surface area contributed by atoms with Gasteiger partial charge in [-0.1, -0.05) is 12.1 Å². The number of hydrogen-bond acceptors (Lipinski definition) is 5. The molecule has 0 spiro atoms. The summed E-state index contributed by atoms with van der Waals surface area (Å²) in [6.07, 6.45) is 1.58. The molecule has 6 nitrogen and oxygen atoms in total. The second kappa shape index (κ2) is 8.73. The van der Waals surface area contributed by atoms with Crippen molar-refractivity contribution < 1.29 is 28.2 Å². The van der Waals surface area contributed by atoms with Crippen molar-refractivity contribution in [2.45, 2.75) is 18.9 Å². The molecule has 0 radical (unpaired) electrons. The molecule has 3 rings (SSSR count). The molecule has 28 heavy (non-hydrogen) atoms. The minimum absolute atomic E-state index is 0.192. The van der Waals surface area contributed by atoms with Crippen LogP contribution in [0.3, 0.4) is 0 Å². The molecule has 148 valence electrons. The van der Waals surface area contributed by atoms with E-state index in [1.165, 1.54) is 24.3 Å². The summed E-state index contributed by atoms with van der Waals surface area (Å²) < 4.78 is 29.4. The monoisotopic (exact) mass is 387 g/mol. The lowest BCUT2D eigenvalue weighted by atomic mass is 10.0. The topological polar surface area (TPSA) is 65.1 Å². The van der Waals surface area contributed by atoms with E-state index in [1.54, 1.807) is 31.3 Å². The fourth-order valence-electron chi connectivity index (χ4n) is 3.40. The second-order valence-electron chi connectivity index (χ2n) is 6.41. The minimum Gasteiger partial charge on any atom is -0.497 e. The molecule has 1 atom stereocenters. The number of hydrogen-bond donors (Lipinski definition) is 0. The Balaban J connectivity index is 1.72. The van der Waals surface area contributed by atoms with Gasteiger partial charge in [0.15, 0.2) is 6.61 Å². The highest BCUT2D eigenvalue weighted by atomic mass is 19.1. The summed E-state index contributed by atoms with van der Waals surface area (Å²) in [6.45, 7) is 0.0943. The maximum atomic E-state index is 13.7. The van der Waals surface area contributed by atoms with Gasteiger partial charge in [0.1, 0.15) is 17.3 Å². The summed E-state index contributed by atoms with van der Waals surface area (Å²) in [5.74, 6) is -0.548. The Bertz CT molecular complexity index is 870. The highest BCUT2D eigenvalue weighted by molar-refractivity contribution is 5.91. The fourth-order valence-corrected chi connectivity index (χ4v) is 3.40. The maximum Gasteiger partial charge on any atom is 0.341 e. The molecule has 2 aromatic rings. The average Bonchev–Trinajstić information content (AvgIpc) is 3.21. The van der Waals surface area contributed by atoms with E-state index in [-0.39, 0.29) is 17.5 Å². The van der Waals surface area contributed by atoms with Crippen molar-refractivity contribution in [2.24, 2.45) is 0 Å². The zero-order valence-electron chi connectivity index (χ0n) is 15.8. The van der Waals surface area contributed by atoms with Crippen molar-refractivity contribution in [3.63, 3.8) is 0 Å². The van der Waals surface area contributed by atoms with Crippen LogP contribution in [0.25, 0.3) is 0 Å². The van der Waals surface area contributed by atoms with Crippen LogP contribution in [-0.2, 0) is 9.53 Å². The molecular formula is C21H22FNO5. The lowest BCUT2D eigenvalue weighted by molar-refractivity contribution is -0.135. The van der Waals surface area contributed by atoms with Gasteiger partial charge in [0.25, 0.3) is 5.91 Å². The van der Waals surface area contributed by atoms with E-state index in [4.69, 9.17) is 14.2 Å². The Hall–Kier alpha value is -3.09. The van der Waals surface area contributed by atoms with Crippen LogP contribution in [-0.4, -0.2) is 44.1 Å². The van der Waals surface area contributed by atoms with Crippen molar-refractivity contribution in [3.8, 4) is 11.5 Å². The molecule has 0 saturated carbocycles. The lowest BCUT2D eigenvalue weighted by Crippen LogP contribution is -2.34. The third kappa shape index (κ3) is 4.08. The van der Waals surface area contributed by atoms with Gasteiger partial charge in [-0.25, -0.2) is 9.18 Å². The van der Waals surface area contributed by atoms with Gasteiger partial charge in [-0.3, -0.25) is 4.79 Å². The largest absolute Gasteiger partial charge is 0.497 e. The Labute approximate surface area is 162 Å². The normalized spacial score (nSPS) is 16.0. The molecule has 2 aromatic carbocycles. The van der Waals surface area contributed by atoms with E-state index in [2.05, 4.69) is 0 Å². The summed E-state index contributed by atoms with van der Waals surface area (Å²) in [4.78, 5) is 26.4. The number of esters is 1. The number of carbonyl (C=O) groups excluding carboxylic acids is 2. The molecule has 1 amide bonds. The van der Waals surface area contributed by atoms with Gasteiger partial charge in [0.05, 0.1) is 25.8 Å². The molecule has 0 N–H and O–H groups in total. The number of likely N-dealkylation sites (tertiary alicyclic amines) is 1. The highest BCUT2D eigenvalue weighted by Gasteiger charge is 2.32. The summed E-state index contributed by atoms with van der Waals surface area (Å²) in [6, 6.07) is 10.7. The van der Waals surface area contributed by atoms with E-state index in [9.17, 15) is 14.0 Å². The van der Waals surface area contributed by atoms with E-state index in [0.717, 1.165) is 18.4 Å². The number of rotatable bonds is 6. The summed E-state index contributed by atoms with van der Waals surface area (Å²) in [5.41, 5.74) is 0.649. The Morgan fingerprint density at radius 3 is 2.64 bits per heavy atom. The predicted octanol–water partition coefficient (Wildman–Crippen LogP) is 3.36. The number of methoxy groups -OCH3 is 2. The van der Waals surface area contributed by atoms with Crippen molar-refractivity contribution in [3.05, 3.63) is 59.4 Å². The van der Waals surface area contributed by atoms with Gasteiger partial charge >= 0.3 is 5.97 Å². The first-order chi connectivity index (χ1) is 13.5. The van der Waals surface area contributed by atoms with Crippen molar-refractivity contribution >= 4 is 11.9 Å². The van der Waals surface area contributed by atoms with Gasteiger partial charge in [-0.2, -0.15) is 0 Å². The Morgan fingerprint density at radius 2 is 1.93 bits per heavy atom. The van der Waals surface area contributed by atoms with Gasteiger partial charge in [0.2, 0.25) is 0 Å². The van der Waals surface area contributed by atoms with Gasteiger partial charge in [0, 0.05) is 12.1 Å². The molecule has 1 saturated heterocycles. The minimum atomic E-state index is -0.860. The summed E-state index contributed by atoms with van der Waals surface area (Å²) in [7, 11) is 3.15. The zero-order chi connectivity index (χ0) is 20.1. The molecule has 1 aliphatic rings. The molecule has 1 heterocycles. The van der Waals surface area contributed by atoms with Gasteiger partial charge in [-0.05, 0) is 43.2 Å². The quantitative estimate of drug-likeness (QED) is 0.711. The third-order valence-corrected chi connectivity index (χ3v) is 4.79. The van der Waals surface area contributed by atoms with E-state index in [1.807, 2.05) is 6.07 Å². The van der Waals surface area contributed by atoms with Crippen LogP contribution in [0.5, 0.6) is 11.5 Å². The summed E-state index contributed by atoms with van der Waals surface area (Å²) >= 11 is 0. The average molecular weight is 387 g/mol. The van der Waals surface area contributed by atoms with Crippen LogP contribution in [0.15, 0.2) is 42.5 Å². The molecular weight excluding hydrogens is 365 g/mol. The first kappa shape index (κ1) is 19.7. The van der Waals surface area contributed by atoms with Crippen LogP contribution in [0.1, 0.15) is 34.8 Å². The number of halogens is 1. The number of carbonyl (C=O) groups is 2. The highest BCUT2D eigenvalue weighted by Crippen LogP contribution is 2.38. The first-order valence-corrected chi connectivity index (χ1v) is 8.98. The number of benzene rings is 2. The molecule has 0 aromatic heterocycles. The van der Waals surface area contributed by atoms with Crippen LogP contribution in [0.2, 0.25) is 0 Å². The second-order valence-corrected chi connectivity index (χ2v) is 6.41. The van der Waals surface area contributed by atoms with Crippen molar-refractivity contribution in [2.75, 3.05) is 27.4 Å². The Morgan fingerprint density at radius 1 is 1.14 bits per heavy atom. The lowest BCUT2D eigenvalue weighted by Gasteiger charge is -2.26. The van der Waals surface area contributed by atoms with Crippen molar-refractivity contribution in [1.82, 2.24) is 4.90 Å². The summed E-state index contributed by atoms with van der Waals surface area (Å²) in [5, 5.41) is 0. The third-order valence-electron chi connectivity index (χ3n) is 4.79. The molecule has 1 aliphatic heterocycles. The standard InChI is InChI=1S/C21H22FNO5/c1-26-14-9-10-19(27-2)16(12-14)18-8-5-11-23(18)20(24)13-28-21(25)15-6-3-4-7-17(15)22/h3-4,6-7,9-10,12,18H,5,8,11,13H2,1-2H3/t18-/m0/s1. The van der Waals surface area contributed by atoms with E-state index < -0.39 is 18.4 Å². The number of ether oxygens (including phenoxy) is 3. The molecule has 7 heteroatoms. The van der Waals surface area contributed by atoms with Crippen LogP contribution in [0, 0.1) is 5.82 Å². The zero-order valence-corrected chi connectivity index (χ0v) is 15.8. The van der Waals surface area contributed by atoms with Gasteiger partial charge < -0.3 is 19.1 Å². The number of nitrogens with zero attached hydrogens (tertiary/aromatic N) is 1. The predicted molar refractivity (Wildman–Crippen MR) is 99.9 cm³/mol. The van der Waals surface area contributed by atoms with Crippen LogP contribution >= 0.6 is 0 Å². The fraction of sp³-hybridized carbons (Fsp3) is 0.333. The van der Waals surface area contributed by atoms with Gasteiger partial charge in [-0.15, -0.1) is 0 Å². The maximum absolute atomic E-state index is 13.7. The molecule has 0 unspecified atom stereocenters. The molecule has 0 bridgehead atoms. The smallest absolute Gasteiger partial charge is 0.341 e. The van der Waals surface area contributed by atoms with Crippen LogP contribution in [0.4, 0.5) is 4.39 Å². The molecule has 1 fully saturated rings. The first-order valence-electron chi connectivity index (χ1n) is 8.98. The van der Waals surface area contributed by atoms with E-state index in [0.29, 0.717) is 18.0 Å². The Kier molecular flexibility index (Phi) is 6.13. The SMILES string of the molecule is COc1ccc(OC)c([C@@H]2CCCN2C(=O)COC(=O)c2ccccc2F)c1. The van der Waals surface area contributed by atoms with Crippen molar-refractivity contribution in [1.29, 1.82) is 0 Å².